The van der Waals surface area contributed by atoms with E-state index in [1.807, 2.05) is 6.07 Å². The van der Waals surface area contributed by atoms with Crippen molar-refractivity contribution in [1.82, 2.24) is 9.55 Å². The Kier molecular flexibility index (Phi) is 3.65. The number of para-hydroxylation sites is 1. The zero-order valence-electron chi connectivity index (χ0n) is 11.4. The molecule has 1 aromatic carbocycles. The number of carboxylic acid groups (broad SMARTS) is 1. The number of rotatable bonds is 3. The number of aromatic carboxylic acids is 1. The maximum absolute atomic E-state index is 12.5. The first-order chi connectivity index (χ1) is 10.6. The Morgan fingerprint density at radius 2 is 1.91 bits per heavy atom. The van der Waals surface area contributed by atoms with Crippen molar-refractivity contribution in [1.29, 1.82) is 0 Å². The van der Waals surface area contributed by atoms with E-state index >= 15 is 0 Å². The standard InChI is InChI=1S/C16H11ClN2O3/c17-14-11-6-1-2-7-12(11)19(15(20)13(14)16(21)22)9-10-5-3-4-8-18-10/h1-8H,9H2,(H,21,22). The summed E-state index contributed by atoms with van der Waals surface area (Å²) in [5, 5.41) is 9.77. The van der Waals surface area contributed by atoms with E-state index in [0.717, 1.165) is 0 Å². The first-order valence-corrected chi connectivity index (χ1v) is 6.91. The molecule has 1 N–H and O–H groups in total. The Hall–Kier alpha value is -2.66. The zero-order valence-corrected chi connectivity index (χ0v) is 12.1. The quantitative estimate of drug-likeness (QED) is 0.807. The molecule has 0 amide bonds. The molecule has 3 rings (SSSR count). The summed E-state index contributed by atoms with van der Waals surface area (Å²) < 4.78 is 1.38. The molecule has 0 spiro atoms. The fourth-order valence-corrected chi connectivity index (χ4v) is 2.68. The van der Waals surface area contributed by atoms with E-state index in [9.17, 15) is 14.7 Å². The SMILES string of the molecule is O=C(O)c1c(Cl)c2ccccc2n(Cc2ccccn2)c1=O. The van der Waals surface area contributed by atoms with Crippen molar-refractivity contribution >= 4 is 28.5 Å². The molecule has 0 unspecified atom stereocenters. The third kappa shape index (κ3) is 2.35. The van der Waals surface area contributed by atoms with Crippen LogP contribution in [0.4, 0.5) is 0 Å². The summed E-state index contributed by atoms with van der Waals surface area (Å²) in [5.74, 6) is -1.34. The number of fused-ring (bicyclic) bond motifs is 1. The molecule has 0 atom stereocenters. The number of carboxylic acids is 1. The molecule has 22 heavy (non-hydrogen) atoms. The lowest BCUT2D eigenvalue weighted by Crippen LogP contribution is -2.28. The Labute approximate surface area is 130 Å². The summed E-state index contributed by atoms with van der Waals surface area (Å²) in [6.45, 7) is 0.178. The second-order valence-corrected chi connectivity index (χ2v) is 5.10. The van der Waals surface area contributed by atoms with E-state index in [2.05, 4.69) is 4.98 Å². The van der Waals surface area contributed by atoms with E-state index in [1.54, 1.807) is 42.6 Å². The molecule has 6 heteroatoms. The first-order valence-electron chi connectivity index (χ1n) is 6.54. The van der Waals surface area contributed by atoms with Crippen LogP contribution >= 0.6 is 11.6 Å². The van der Waals surface area contributed by atoms with Gasteiger partial charge in [-0.1, -0.05) is 35.9 Å². The van der Waals surface area contributed by atoms with E-state index in [1.165, 1.54) is 4.57 Å². The fourth-order valence-electron chi connectivity index (χ4n) is 2.36. The highest BCUT2D eigenvalue weighted by atomic mass is 35.5. The van der Waals surface area contributed by atoms with Crippen LogP contribution in [-0.2, 0) is 6.54 Å². The largest absolute Gasteiger partial charge is 0.477 e. The molecule has 0 saturated carbocycles. The number of pyridine rings is 2. The number of hydrogen-bond donors (Lipinski definition) is 1. The molecule has 3 aromatic rings. The highest BCUT2D eigenvalue weighted by Gasteiger charge is 2.20. The normalized spacial score (nSPS) is 10.8. The molecule has 2 aromatic heterocycles. The number of aromatic nitrogens is 2. The van der Waals surface area contributed by atoms with Crippen LogP contribution in [0.5, 0.6) is 0 Å². The molecule has 0 bridgehead atoms. The van der Waals surface area contributed by atoms with Gasteiger partial charge in [0.2, 0.25) is 0 Å². The van der Waals surface area contributed by atoms with E-state index in [-0.39, 0.29) is 11.6 Å². The van der Waals surface area contributed by atoms with Crippen LogP contribution in [0, 0.1) is 0 Å². The Morgan fingerprint density at radius 3 is 2.59 bits per heavy atom. The molecule has 0 aliphatic heterocycles. The van der Waals surface area contributed by atoms with Crippen molar-refractivity contribution in [3.63, 3.8) is 0 Å². The van der Waals surface area contributed by atoms with Crippen LogP contribution < -0.4 is 5.56 Å². The minimum absolute atomic E-state index is 0.0367. The van der Waals surface area contributed by atoms with Crippen LogP contribution in [0.2, 0.25) is 5.02 Å². The van der Waals surface area contributed by atoms with E-state index in [4.69, 9.17) is 11.6 Å². The van der Waals surface area contributed by atoms with Gasteiger partial charge < -0.3 is 9.67 Å². The van der Waals surface area contributed by atoms with Gasteiger partial charge in [-0.25, -0.2) is 4.79 Å². The molecule has 110 valence electrons. The van der Waals surface area contributed by atoms with Gasteiger partial charge in [0.1, 0.15) is 5.56 Å². The molecular formula is C16H11ClN2O3. The Bertz CT molecular complexity index is 920. The van der Waals surface area contributed by atoms with Gasteiger partial charge in [0.15, 0.2) is 0 Å². The topological polar surface area (TPSA) is 72.2 Å². The third-order valence-corrected chi connectivity index (χ3v) is 3.76. The molecule has 0 fully saturated rings. The van der Waals surface area contributed by atoms with Gasteiger partial charge in [0, 0.05) is 11.6 Å². The average molecular weight is 315 g/mol. The summed E-state index contributed by atoms with van der Waals surface area (Å²) in [6, 6.07) is 12.3. The van der Waals surface area contributed by atoms with Gasteiger partial charge in [-0.15, -0.1) is 0 Å². The van der Waals surface area contributed by atoms with E-state index in [0.29, 0.717) is 16.6 Å². The number of hydrogen-bond acceptors (Lipinski definition) is 3. The average Bonchev–Trinajstić information content (AvgIpc) is 2.52. The summed E-state index contributed by atoms with van der Waals surface area (Å²) in [4.78, 5) is 28.1. The molecule has 0 aliphatic carbocycles. The fraction of sp³-hybridized carbons (Fsp3) is 0.0625. The molecule has 0 aliphatic rings. The maximum atomic E-state index is 12.5. The lowest BCUT2D eigenvalue weighted by molar-refractivity contribution is 0.0694. The predicted molar refractivity (Wildman–Crippen MR) is 83.5 cm³/mol. The van der Waals surface area contributed by atoms with Crippen molar-refractivity contribution in [2.75, 3.05) is 0 Å². The Balaban J connectivity index is 2.33. The lowest BCUT2D eigenvalue weighted by atomic mass is 10.1. The van der Waals surface area contributed by atoms with Crippen LogP contribution in [0.15, 0.2) is 53.5 Å². The van der Waals surface area contributed by atoms with Gasteiger partial charge in [-0.05, 0) is 18.2 Å². The van der Waals surface area contributed by atoms with Crippen molar-refractivity contribution in [3.8, 4) is 0 Å². The number of carbonyl (C=O) groups is 1. The van der Waals surface area contributed by atoms with Gasteiger partial charge in [0.25, 0.3) is 5.56 Å². The van der Waals surface area contributed by atoms with Crippen LogP contribution in [0.25, 0.3) is 10.9 Å². The summed E-state index contributed by atoms with van der Waals surface area (Å²) >= 11 is 6.11. The first kappa shape index (κ1) is 14.3. The van der Waals surface area contributed by atoms with E-state index < -0.39 is 17.1 Å². The molecule has 0 radical (unpaired) electrons. The lowest BCUT2D eigenvalue weighted by Gasteiger charge is -2.13. The van der Waals surface area contributed by atoms with Gasteiger partial charge in [-0.2, -0.15) is 0 Å². The van der Waals surface area contributed by atoms with Crippen molar-refractivity contribution < 1.29 is 9.90 Å². The Morgan fingerprint density at radius 1 is 1.18 bits per heavy atom. The molecule has 0 saturated heterocycles. The zero-order chi connectivity index (χ0) is 15.7. The van der Waals surface area contributed by atoms with Gasteiger partial charge >= 0.3 is 5.97 Å². The van der Waals surface area contributed by atoms with Crippen LogP contribution in [0.3, 0.4) is 0 Å². The van der Waals surface area contributed by atoms with Crippen molar-refractivity contribution in [2.45, 2.75) is 6.54 Å². The minimum Gasteiger partial charge on any atom is -0.477 e. The van der Waals surface area contributed by atoms with Gasteiger partial charge in [-0.3, -0.25) is 9.78 Å². The number of halogens is 1. The predicted octanol–water partition coefficient (Wildman–Crippen LogP) is 2.80. The summed E-state index contributed by atoms with van der Waals surface area (Å²) in [5.41, 5.74) is 0.180. The van der Waals surface area contributed by atoms with Crippen LogP contribution in [-0.4, -0.2) is 20.6 Å². The maximum Gasteiger partial charge on any atom is 0.342 e. The van der Waals surface area contributed by atoms with Crippen LogP contribution in [0.1, 0.15) is 16.1 Å². The third-order valence-electron chi connectivity index (χ3n) is 3.37. The summed E-state index contributed by atoms with van der Waals surface area (Å²) in [6.07, 6.45) is 1.62. The number of benzene rings is 1. The molecule has 2 heterocycles. The molecule has 5 nitrogen and oxygen atoms in total. The second-order valence-electron chi connectivity index (χ2n) is 4.72. The monoisotopic (exact) mass is 314 g/mol. The van der Waals surface area contributed by atoms with Crippen molar-refractivity contribution in [2.24, 2.45) is 0 Å². The van der Waals surface area contributed by atoms with Crippen molar-refractivity contribution in [3.05, 3.63) is 75.3 Å². The molecular weight excluding hydrogens is 304 g/mol. The summed E-state index contributed by atoms with van der Waals surface area (Å²) in [7, 11) is 0. The number of nitrogens with zero attached hydrogens (tertiary/aromatic N) is 2. The van der Waals surface area contributed by atoms with Gasteiger partial charge in [0.05, 0.1) is 22.8 Å². The highest BCUT2D eigenvalue weighted by molar-refractivity contribution is 6.38. The highest BCUT2D eigenvalue weighted by Crippen LogP contribution is 2.25. The minimum atomic E-state index is -1.34. The smallest absolute Gasteiger partial charge is 0.342 e. The second kappa shape index (κ2) is 5.61.